The highest BCUT2D eigenvalue weighted by atomic mass is 16.7. The summed E-state index contributed by atoms with van der Waals surface area (Å²) in [5, 5.41) is 87.6. The van der Waals surface area contributed by atoms with E-state index in [-0.39, 0.29) is 18.9 Å². The van der Waals surface area contributed by atoms with Gasteiger partial charge in [0.25, 0.3) is 0 Å². The SMILES string of the molecule is CC/C=C\C/C=C\C/C=C\C/C=C\CCCCCCCCCCCCCCCCCCCCCCCCC(=O)NC(COC1OC(CO)C(OC2OC(CO)C(O)C(O)C2O)C(O)C1O)C(O)/C=C/CC/C=C/CCCCCCCCCCCCCCCCCCCC. The molecule has 0 spiro atoms. The van der Waals surface area contributed by atoms with Crippen LogP contribution in [-0.2, 0) is 23.7 Å². The van der Waals surface area contributed by atoms with Gasteiger partial charge in [-0.1, -0.05) is 324 Å². The maximum absolute atomic E-state index is 13.4. The van der Waals surface area contributed by atoms with Crippen LogP contribution >= 0.6 is 0 Å². The van der Waals surface area contributed by atoms with Gasteiger partial charge in [-0.15, -0.1) is 0 Å². The second-order valence-electron chi connectivity index (χ2n) is 27.1. The number of unbranched alkanes of at least 4 members (excludes halogenated alkanes) is 41. The van der Waals surface area contributed by atoms with Gasteiger partial charge in [0.2, 0.25) is 5.91 Å². The third kappa shape index (κ3) is 46.4. The van der Waals surface area contributed by atoms with Crippen molar-refractivity contribution in [2.24, 2.45) is 0 Å². The first-order valence-corrected chi connectivity index (χ1v) is 38.7. The molecule has 2 heterocycles. The highest BCUT2D eigenvalue weighted by molar-refractivity contribution is 5.76. The van der Waals surface area contributed by atoms with E-state index in [0.717, 1.165) is 57.8 Å². The average Bonchev–Trinajstić information content (AvgIpc) is 0.854. The third-order valence-electron chi connectivity index (χ3n) is 18.6. The van der Waals surface area contributed by atoms with Crippen molar-refractivity contribution in [1.29, 1.82) is 0 Å². The average molecular weight is 1320 g/mol. The predicted molar refractivity (Wildman–Crippen MR) is 383 cm³/mol. The summed E-state index contributed by atoms with van der Waals surface area (Å²) < 4.78 is 22.9. The molecule has 0 aromatic carbocycles. The Hall–Kier alpha value is -2.57. The topological polar surface area (TPSA) is 228 Å². The molecule has 2 aliphatic rings. The van der Waals surface area contributed by atoms with Gasteiger partial charge < -0.3 is 65.1 Å². The van der Waals surface area contributed by atoms with Gasteiger partial charge in [-0.3, -0.25) is 4.79 Å². The zero-order chi connectivity index (χ0) is 67.3. The molecule has 0 bridgehead atoms. The number of aliphatic hydroxyl groups is 8. The number of carbonyl (C=O) groups is 1. The molecule has 2 rings (SSSR count). The molecule has 2 fully saturated rings. The predicted octanol–water partition coefficient (Wildman–Crippen LogP) is 17.0. The van der Waals surface area contributed by atoms with E-state index >= 15 is 0 Å². The molecule has 1 amide bonds. The summed E-state index contributed by atoms with van der Waals surface area (Å²) >= 11 is 0. The molecule has 14 heteroatoms. The number of rotatable bonds is 64. The van der Waals surface area contributed by atoms with Crippen molar-refractivity contribution in [2.75, 3.05) is 19.8 Å². The number of ether oxygens (including phenoxy) is 4. The highest BCUT2D eigenvalue weighted by Crippen LogP contribution is 2.30. The molecule has 9 N–H and O–H groups in total. The van der Waals surface area contributed by atoms with Crippen LogP contribution in [-0.4, -0.2) is 140 Å². The van der Waals surface area contributed by atoms with Crippen molar-refractivity contribution in [3.8, 4) is 0 Å². The number of aliphatic hydroxyl groups excluding tert-OH is 8. The van der Waals surface area contributed by atoms with Gasteiger partial charge in [0.1, 0.15) is 48.8 Å². The summed E-state index contributed by atoms with van der Waals surface area (Å²) in [4.78, 5) is 13.4. The Morgan fingerprint density at radius 2 is 0.753 bits per heavy atom. The molecule has 12 atom stereocenters. The molecule has 14 nitrogen and oxygen atoms in total. The van der Waals surface area contributed by atoms with Gasteiger partial charge in [0.05, 0.1) is 32.0 Å². The van der Waals surface area contributed by atoms with E-state index < -0.39 is 86.8 Å². The fourth-order valence-corrected chi connectivity index (χ4v) is 12.5. The fourth-order valence-electron chi connectivity index (χ4n) is 12.5. The Labute approximate surface area is 568 Å². The van der Waals surface area contributed by atoms with Crippen molar-refractivity contribution in [3.63, 3.8) is 0 Å². The lowest BCUT2D eigenvalue weighted by molar-refractivity contribution is -0.359. The van der Waals surface area contributed by atoms with Gasteiger partial charge in [-0.2, -0.15) is 0 Å². The Kier molecular flexibility index (Phi) is 58.5. The Balaban J connectivity index is 1.62. The number of hydrogen-bond donors (Lipinski definition) is 9. The number of hydrogen-bond acceptors (Lipinski definition) is 13. The lowest BCUT2D eigenvalue weighted by Gasteiger charge is -2.46. The van der Waals surface area contributed by atoms with Gasteiger partial charge in [-0.25, -0.2) is 0 Å². The fraction of sp³-hybridized carbons (Fsp3) is 0.835. The molecule has 12 unspecified atom stereocenters. The summed E-state index contributed by atoms with van der Waals surface area (Å²) in [6, 6.07) is -0.934. The van der Waals surface area contributed by atoms with Gasteiger partial charge >= 0.3 is 0 Å². The van der Waals surface area contributed by atoms with E-state index in [0.29, 0.717) is 12.8 Å². The first-order valence-electron chi connectivity index (χ1n) is 38.7. The van der Waals surface area contributed by atoms with E-state index in [1.54, 1.807) is 6.08 Å². The molecule has 0 aromatic heterocycles. The van der Waals surface area contributed by atoms with Crippen molar-refractivity contribution in [3.05, 3.63) is 72.9 Å². The van der Waals surface area contributed by atoms with Crippen LogP contribution in [0.2, 0.25) is 0 Å². The lowest BCUT2D eigenvalue weighted by Crippen LogP contribution is -2.65. The quantitative estimate of drug-likeness (QED) is 0.0204. The zero-order valence-corrected chi connectivity index (χ0v) is 59.2. The second-order valence-corrected chi connectivity index (χ2v) is 27.1. The summed E-state index contributed by atoms with van der Waals surface area (Å²) in [5.74, 6) is -0.244. The Morgan fingerprint density at radius 3 is 1.18 bits per heavy atom. The van der Waals surface area contributed by atoms with Crippen LogP contribution < -0.4 is 5.32 Å². The zero-order valence-electron chi connectivity index (χ0n) is 59.2. The summed E-state index contributed by atoms with van der Waals surface area (Å²) in [7, 11) is 0. The molecular formula is C79H143NO13. The minimum Gasteiger partial charge on any atom is -0.394 e. The normalized spacial score (nSPS) is 22.9. The molecule has 0 saturated carbocycles. The minimum atomic E-state index is -1.79. The van der Waals surface area contributed by atoms with Crippen molar-refractivity contribution < 1.29 is 64.6 Å². The van der Waals surface area contributed by atoms with Crippen LogP contribution in [0.5, 0.6) is 0 Å². The van der Waals surface area contributed by atoms with Crippen LogP contribution in [0.4, 0.5) is 0 Å². The van der Waals surface area contributed by atoms with Crippen molar-refractivity contribution in [2.45, 2.75) is 402 Å². The highest BCUT2D eigenvalue weighted by Gasteiger charge is 2.51. The molecule has 2 aliphatic heterocycles. The molecule has 0 radical (unpaired) electrons. The number of nitrogens with one attached hydrogen (secondary N) is 1. The van der Waals surface area contributed by atoms with E-state index in [2.05, 4.69) is 79.9 Å². The monoisotopic (exact) mass is 1310 g/mol. The van der Waals surface area contributed by atoms with Crippen LogP contribution in [0.15, 0.2) is 72.9 Å². The minimum absolute atomic E-state index is 0.244. The Morgan fingerprint density at radius 1 is 0.398 bits per heavy atom. The molecular weight excluding hydrogens is 1170 g/mol. The van der Waals surface area contributed by atoms with E-state index in [9.17, 15) is 45.6 Å². The smallest absolute Gasteiger partial charge is 0.220 e. The molecule has 93 heavy (non-hydrogen) atoms. The summed E-state index contributed by atoms with van der Waals surface area (Å²) in [6.45, 7) is 2.72. The first-order chi connectivity index (χ1) is 45.6. The van der Waals surface area contributed by atoms with Gasteiger partial charge in [0.15, 0.2) is 12.6 Å². The van der Waals surface area contributed by atoms with Crippen molar-refractivity contribution in [1.82, 2.24) is 5.32 Å². The third-order valence-corrected chi connectivity index (χ3v) is 18.6. The van der Waals surface area contributed by atoms with E-state index in [4.69, 9.17) is 18.9 Å². The van der Waals surface area contributed by atoms with Gasteiger partial charge in [-0.05, 0) is 70.6 Å². The molecule has 542 valence electrons. The summed E-state index contributed by atoms with van der Waals surface area (Å²) in [5.41, 5.74) is 0. The molecule has 0 aromatic rings. The maximum Gasteiger partial charge on any atom is 0.220 e. The molecule has 2 saturated heterocycles. The van der Waals surface area contributed by atoms with Crippen LogP contribution in [0.1, 0.15) is 328 Å². The standard InChI is InChI=1S/C79H143NO13/c1-3-5-7-9-11-13-15-17-19-21-23-25-27-29-30-31-32-33-34-35-36-37-38-39-41-43-45-47-49-51-53-55-57-59-61-63-71(84)80-67(66-90-78-76(89)74(87)77(70(65-82)92-78)93-79-75(88)73(86)72(85)69(64-81)91-79)68(83)62-60-58-56-54-52-50-48-46-44-42-40-28-26-24-22-20-18-16-14-12-10-8-6-4-2/h5,7,11,13,17,19,23,25,52,54,60,62,67-70,72-79,81-83,85-89H,3-4,6,8-10,12,14-16,18,20-22,24,26-51,53,55-59,61,63-66H2,1-2H3,(H,80,84)/b7-5-,13-11-,19-17-,25-23-,54-52+,62-60+. The largest absolute Gasteiger partial charge is 0.394 e. The van der Waals surface area contributed by atoms with E-state index in [1.807, 2.05) is 6.08 Å². The van der Waals surface area contributed by atoms with Crippen LogP contribution in [0, 0.1) is 0 Å². The Bertz CT molecular complexity index is 1840. The number of carbonyl (C=O) groups excluding carboxylic acids is 1. The summed E-state index contributed by atoms with van der Waals surface area (Å²) in [6.07, 6.45) is 69.8. The second kappa shape index (κ2) is 62.9. The van der Waals surface area contributed by atoms with Crippen LogP contribution in [0.3, 0.4) is 0 Å². The first kappa shape index (κ1) is 86.5. The van der Waals surface area contributed by atoms with Gasteiger partial charge in [0, 0.05) is 6.42 Å². The van der Waals surface area contributed by atoms with Crippen LogP contribution in [0.25, 0.3) is 0 Å². The lowest BCUT2D eigenvalue weighted by atomic mass is 9.97. The van der Waals surface area contributed by atoms with E-state index in [1.165, 1.54) is 238 Å². The van der Waals surface area contributed by atoms with Crippen molar-refractivity contribution >= 4 is 5.91 Å². The number of amides is 1. The number of allylic oxidation sites excluding steroid dienone is 11. The molecule has 0 aliphatic carbocycles. The maximum atomic E-state index is 13.4.